The second-order valence-electron chi connectivity index (χ2n) is 7.76. The van der Waals surface area contributed by atoms with E-state index < -0.39 is 0 Å². The molecule has 0 saturated carbocycles. The van der Waals surface area contributed by atoms with Crippen molar-refractivity contribution in [3.63, 3.8) is 0 Å². The molecule has 0 spiro atoms. The van der Waals surface area contributed by atoms with Crippen LogP contribution in [0.25, 0.3) is 0 Å². The Kier molecular flexibility index (Phi) is 6.96. The molecule has 2 heterocycles. The van der Waals surface area contributed by atoms with Crippen molar-refractivity contribution in [2.45, 2.75) is 33.7 Å². The maximum absolute atomic E-state index is 9.96. The number of benzene rings is 1. The summed E-state index contributed by atoms with van der Waals surface area (Å²) in [4.78, 5) is 9.80. The minimum absolute atomic E-state index is 0.389. The van der Waals surface area contributed by atoms with E-state index in [1.165, 1.54) is 6.42 Å². The molecule has 1 atom stereocenters. The Labute approximate surface area is 163 Å². The third-order valence-corrected chi connectivity index (χ3v) is 5.50. The molecular weight excluding hydrogens is 340 g/mol. The van der Waals surface area contributed by atoms with Gasteiger partial charge in [0.2, 0.25) is 0 Å². The highest BCUT2D eigenvalue weighted by Gasteiger charge is 2.27. The number of nitrogens with zero attached hydrogens (tertiary/aromatic N) is 3. The van der Waals surface area contributed by atoms with Gasteiger partial charge in [-0.1, -0.05) is 12.1 Å². The second kappa shape index (κ2) is 9.42. The number of phenols is 1. The minimum Gasteiger partial charge on any atom is -0.507 e. The summed E-state index contributed by atoms with van der Waals surface area (Å²) in [6.07, 6.45) is 1.22. The Morgan fingerprint density at radius 1 is 1.22 bits per heavy atom. The SMILES string of the molecule is CCNC(=NCc1cc(C)c(O)c(C)c1)N1CCC(CN2CCOCC2)C1. The van der Waals surface area contributed by atoms with Crippen LogP contribution in [0.15, 0.2) is 17.1 Å². The van der Waals surface area contributed by atoms with Crippen molar-refractivity contribution in [3.8, 4) is 5.75 Å². The number of aromatic hydroxyl groups is 1. The lowest BCUT2D eigenvalue weighted by atomic mass is 10.1. The van der Waals surface area contributed by atoms with Crippen LogP contribution in [-0.4, -0.2) is 73.3 Å². The predicted molar refractivity (Wildman–Crippen MR) is 109 cm³/mol. The molecule has 2 aliphatic rings. The fourth-order valence-corrected chi connectivity index (χ4v) is 4.05. The van der Waals surface area contributed by atoms with Crippen LogP contribution in [-0.2, 0) is 11.3 Å². The number of aryl methyl sites for hydroxylation is 2. The van der Waals surface area contributed by atoms with E-state index in [-0.39, 0.29) is 0 Å². The van der Waals surface area contributed by atoms with Gasteiger partial charge in [-0.2, -0.15) is 0 Å². The monoisotopic (exact) mass is 374 g/mol. The zero-order valence-electron chi connectivity index (χ0n) is 17.0. The second-order valence-corrected chi connectivity index (χ2v) is 7.76. The van der Waals surface area contributed by atoms with Crippen LogP contribution in [0.2, 0.25) is 0 Å². The van der Waals surface area contributed by atoms with Crippen molar-refractivity contribution in [1.82, 2.24) is 15.1 Å². The van der Waals surface area contributed by atoms with Gasteiger partial charge in [0.05, 0.1) is 19.8 Å². The average molecular weight is 375 g/mol. The molecule has 0 bridgehead atoms. The fraction of sp³-hybridized carbons (Fsp3) is 0.667. The van der Waals surface area contributed by atoms with Gasteiger partial charge in [-0.15, -0.1) is 0 Å². The number of guanidine groups is 1. The number of hydrogen-bond acceptors (Lipinski definition) is 4. The Hall–Kier alpha value is -1.79. The topological polar surface area (TPSA) is 60.3 Å². The van der Waals surface area contributed by atoms with Gasteiger partial charge in [0.15, 0.2) is 5.96 Å². The Morgan fingerprint density at radius 2 is 1.93 bits per heavy atom. The molecular formula is C21H34N4O2. The smallest absolute Gasteiger partial charge is 0.194 e. The van der Waals surface area contributed by atoms with E-state index in [9.17, 15) is 5.11 Å². The van der Waals surface area contributed by atoms with Gasteiger partial charge < -0.3 is 20.1 Å². The lowest BCUT2D eigenvalue weighted by molar-refractivity contribution is 0.0315. The number of nitrogens with one attached hydrogen (secondary N) is 1. The van der Waals surface area contributed by atoms with Crippen LogP contribution in [0.4, 0.5) is 0 Å². The van der Waals surface area contributed by atoms with Crippen molar-refractivity contribution in [2.75, 3.05) is 52.5 Å². The quantitative estimate of drug-likeness (QED) is 0.611. The number of likely N-dealkylation sites (tertiary alicyclic amines) is 1. The fourth-order valence-electron chi connectivity index (χ4n) is 4.05. The maximum Gasteiger partial charge on any atom is 0.194 e. The van der Waals surface area contributed by atoms with Crippen LogP contribution in [0, 0.1) is 19.8 Å². The molecule has 0 aliphatic carbocycles. The summed E-state index contributed by atoms with van der Waals surface area (Å²) in [5.41, 5.74) is 2.97. The van der Waals surface area contributed by atoms with Crippen molar-refractivity contribution in [2.24, 2.45) is 10.9 Å². The van der Waals surface area contributed by atoms with Gasteiger partial charge in [-0.25, -0.2) is 4.99 Å². The van der Waals surface area contributed by atoms with E-state index in [1.54, 1.807) is 0 Å². The zero-order chi connectivity index (χ0) is 19.2. The molecule has 0 radical (unpaired) electrons. The molecule has 2 aliphatic heterocycles. The van der Waals surface area contributed by atoms with Crippen LogP contribution in [0.1, 0.15) is 30.0 Å². The lowest BCUT2D eigenvalue weighted by Crippen LogP contribution is -2.42. The largest absolute Gasteiger partial charge is 0.507 e. The van der Waals surface area contributed by atoms with Crippen LogP contribution in [0.3, 0.4) is 0 Å². The van der Waals surface area contributed by atoms with E-state index >= 15 is 0 Å². The van der Waals surface area contributed by atoms with Crippen molar-refractivity contribution < 1.29 is 9.84 Å². The Balaban J connectivity index is 1.60. The van der Waals surface area contributed by atoms with Gasteiger partial charge in [-0.3, -0.25) is 4.90 Å². The predicted octanol–water partition coefficient (Wildman–Crippen LogP) is 2.13. The van der Waals surface area contributed by atoms with Crippen molar-refractivity contribution in [3.05, 3.63) is 28.8 Å². The van der Waals surface area contributed by atoms with E-state index in [2.05, 4.69) is 22.0 Å². The normalized spacial score (nSPS) is 21.7. The van der Waals surface area contributed by atoms with Gasteiger partial charge in [0.1, 0.15) is 5.75 Å². The standard InChI is InChI=1S/C21H34N4O2/c1-4-22-21(23-13-19-11-16(2)20(26)17(3)12-19)25-6-5-18(15-25)14-24-7-9-27-10-8-24/h11-12,18,26H,4-10,13-15H2,1-3H3,(H,22,23). The Bertz CT molecular complexity index is 633. The van der Waals surface area contributed by atoms with Gasteiger partial charge >= 0.3 is 0 Å². The molecule has 1 unspecified atom stereocenters. The van der Waals surface area contributed by atoms with Gasteiger partial charge in [-0.05, 0) is 49.8 Å². The molecule has 150 valence electrons. The number of hydrogen-bond donors (Lipinski definition) is 2. The summed E-state index contributed by atoms with van der Waals surface area (Å²) in [5, 5.41) is 13.4. The average Bonchev–Trinajstić information content (AvgIpc) is 3.12. The van der Waals surface area contributed by atoms with Gasteiger partial charge in [0.25, 0.3) is 0 Å². The molecule has 0 aromatic heterocycles. The Morgan fingerprint density at radius 3 is 2.59 bits per heavy atom. The highest BCUT2D eigenvalue weighted by molar-refractivity contribution is 5.80. The molecule has 27 heavy (non-hydrogen) atoms. The lowest BCUT2D eigenvalue weighted by Gasteiger charge is -2.29. The molecule has 6 nitrogen and oxygen atoms in total. The van der Waals surface area contributed by atoms with Crippen LogP contribution < -0.4 is 5.32 Å². The number of ether oxygens (including phenoxy) is 1. The van der Waals surface area contributed by atoms with Crippen molar-refractivity contribution >= 4 is 5.96 Å². The van der Waals surface area contributed by atoms with Crippen LogP contribution in [0.5, 0.6) is 5.75 Å². The summed E-state index contributed by atoms with van der Waals surface area (Å²) in [7, 11) is 0. The highest BCUT2D eigenvalue weighted by atomic mass is 16.5. The molecule has 0 amide bonds. The molecule has 1 aromatic rings. The number of phenolic OH excluding ortho intramolecular Hbond substituents is 1. The minimum atomic E-state index is 0.389. The summed E-state index contributed by atoms with van der Waals surface area (Å²) < 4.78 is 5.46. The van der Waals surface area contributed by atoms with Gasteiger partial charge in [0, 0.05) is 39.3 Å². The first-order valence-corrected chi connectivity index (χ1v) is 10.2. The molecule has 2 fully saturated rings. The van der Waals surface area contributed by atoms with E-state index in [4.69, 9.17) is 9.73 Å². The first-order chi connectivity index (χ1) is 13.1. The molecule has 2 N–H and O–H groups in total. The summed E-state index contributed by atoms with van der Waals surface area (Å²) in [5.74, 6) is 2.09. The summed E-state index contributed by atoms with van der Waals surface area (Å²) in [6.45, 7) is 14.7. The zero-order valence-corrected chi connectivity index (χ0v) is 17.0. The third-order valence-electron chi connectivity index (χ3n) is 5.50. The molecule has 1 aromatic carbocycles. The van der Waals surface area contributed by atoms with E-state index in [0.29, 0.717) is 18.2 Å². The van der Waals surface area contributed by atoms with Crippen molar-refractivity contribution in [1.29, 1.82) is 0 Å². The van der Waals surface area contributed by atoms with E-state index in [1.807, 2.05) is 26.0 Å². The molecule has 6 heteroatoms. The number of aliphatic imine (C=N–C) groups is 1. The third kappa shape index (κ3) is 5.36. The molecule has 2 saturated heterocycles. The van der Waals surface area contributed by atoms with Crippen LogP contribution >= 0.6 is 0 Å². The first-order valence-electron chi connectivity index (χ1n) is 10.2. The first kappa shape index (κ1) is 20.0. The van der Waals surface area contributed by atoms with E-state index in [0.717, 1.165) is 75.1 Å². The molecule has 3 rings (SSSR count). The maximum atomic E-state index is 9.96. The summed E-state index contributed by atoms with van der Waals surface area (Å²) >= 11 is 0. The number of morpholine rings is 1. The summed E-state index contributed by atoms with van der Waals surface area (Å²) in [6, 6.07) is 4.06. The highest BCUT2D eigenvalue weighted by Crippen LogP contribution is 2.23. The number of rotatable bonds is 5.